The molecule has 0 saturated heterocycles. The van der Waals surface area contributed by atoms with Gasteiger partial charge in [-0.2, -0.15) is 0 Å². The Morgan fingerprint density at radius 3 is 1.65 bits per heavy atom. The maximum atomic E-state index is 6.04. The van der Waals surface area contributed by atoms with Gasteiger partial charge in [0.15, 0.2) is 0 Å². The fourth-order valence-electron chi connectivity index (χ4n) is 4.20. The van der Waals surface area contributed by atoms with Crippen molar-refractivity contribution in [2.45, 2.75) is 78.2 Å². The summed E-state index contributed by atoms with van der Waals surface area (Å²) in [6.45, 7) is 7.49. The van der Waals surface area contributed by atoms with Gasteiger partial charge in [0.05, 0.1) is 0 Å². The maximum absolute atomic E-state index is 6.04. The summed E-state index contributed by atoms with van der Waals surface area (Å²) in [6.07, 6.45) is 11.1. The molecule has 0 aliphatic heterocycles. The monoisotopic (exact) mass is 237 g/mol. The Balaban J connectivity index is 1.93. The minimum atomic E-state index is 0.494. The first-order chi connectivity index (χ1) is 8.00. The molecule has 0 heterocycles. The molecule has 2 N–H and O–H groups in total. The van der Waals surface area contributed by atoms with Gasteiger partial charge in [0.2, 0.25) is 0 Å². The van der Waals surface area contributed by atoms with Crippen molar-refractivity contribution in [2.24, 2.45) is 28.9 Å². The van der Waals surface area contributed by atoms with Crippen LogP contribution in [0.1, 0.15) is 72.1 Å². The number of hydrogen-bond donors (Lipinski definition) is 1. The Morgan fingerprint density at radius 1 is 0.765 bits per heavy atom. The molecule has 100 valence electrons. The molecule has 17 heavy (non-hydrogen) atoms. The van der Waals surface area contributed by atoms with Crippen LogP contribution >= 0.6 is 0 Å². The second kappa shape index (κ2) is 5.30. The first-order valence-corrected chi connectivity index (χ1v) is 7.75. The number of rotatable bonds is 2. The van der Waals surface area contributed by atoms with E-state index in [4.69, 9.17) is 5.73 Å². The van der Waals surface area contributed by atoms with Crippen molar-refractivity contribution in [1.82, 2.24) is 0 Å². The van der Waals surface area contributed by atoms with E-state index in [0.29, 0.717) is 11.5 Å². The summed E-state index contributed by atoms with van der Waals surface area (Å²) in [6, 6.07) is 0.494. The largest absolute Gasteiger partial charge is 0.328 e. The Morgan fingerprint density at radius 2 is 1.18 bits per heavy atom. The summed E-state index contributed by atoms with van der Waals surface area (Å²) in [4.78, 5) is 0. The molecule has 1 nitrogen and oxygen atoms in total. The molecular formula is C16H31N. The standard InChI is InChI=1S/C16H31N/c1-12-4-6-13(7-5-12)16(2,3)14-8-10-15(17)11-9-14/h12-15H,4-11,17H2,1-3H3. The fraction of sp³-hybridized carbons (Fsp3) is 1.00. The number of hydrogen-bond acceptors (Lipinski definition) is 1. The molecule has 1 heteroatoms. The SMILES string of the molecule is CC1CCC(C(C)(C)C2CCC(N)CC2)CC1. The zero-order valence-corrected chi connectivity index (χ0v) is 12.0. The highest BCUT2D eigenvalue weighted by Gasteiger charge is 2.39. The van der Waals surface area contributed by atoms with E-state index in [0.717, 1.165) is 17.8 Å². The van der Waals surface area contributed by atoms with Crippen LogP contribution in [-0.4, -0.2) is 6.04 Å². The third-order valence-corrected chi connectivity index (χ3v) is 5.89. The molecule has 2 fully saturated rings. The van der Waals surface area contributed by atoms with Gasteiger partial charge in [-0.1, -0.05) is 33.6 Å². The fourth-order valence-corrected chi connectivity index (χ4v) is 4.20. The second-order valence-electron chi connectivity index (χ2n) is 7.39. The van der Waals surface area contributed by atoms with Gasteiger partial charge >= 0.3 is 0 Å². The van der Waals surface area contributed by atoms with Crippen molar-refractivity contribution < 1.29 is 0 Å². The molecule has 0 aromatic rings. The Labute approximate surface area is 108 Å². The van der Waals surface area contributed by atoms with Crippen molar-refractivity contribution in [1.29, 1.82) is 0 Å². The predicted octanol–water partition coefficient (Wildman–Crippen LogP) is 4.36. The molecule has 0 radical (unpaired) electrons. The van der Waals surface area contributed by atoms with Gasteiger partial charge in [-0.05, 0) is 61.7 Å². The van der Waals surface area contributed by atoms with Gasteiger partial charge in [-0.3, -0.25) is 0 Å². The predicted molar refractivity (Wildman–Crippen MR) is 74.8 cm³/mol. The lowest BCUT2D eigenvalue weighted by atomic mass is 9.60. The molecule has 2 aliphatic carbocycles. The van der Waals surface area contributed by atoms with E-state index >= 15 is 0 Å². The van der Waals surface area contributed by atoms with Crippen LogP contribution in [0.3, 0.4) is 0 Å². The van der Waals surface area contributed by atoms with Crippen LogP contribution in [0.5, 0.6) is 0 Å². The van der Waals surface area contributed by atoms with Gasteiger partial charge in [-0.15, -0.1) is 0 Å². The quantitative estimate of drug-likeness (QED) is 0.759. The van der Waals surface area contributed by atoms with Gasteiger partial charge in [-0.25, -0.2) is 0 Å². The van der Waals surface area contributed by atoms with Gasteiger partial charge in [0.1, 0.15) is 0 Å². The zero-order valence-electron chi connectivity index (χ0n) is 12.0. The molecular weight excluding hydrogens is 206 g/mol. The smallest absolute Gasteiger partial charge is 0.00390 e. The molecule has 0 aromatic heterocycles. The lowest BCUT2D eigenvalue weighted by Gasteiger charge is -2.46. The average Bonchev–Trinajstić information content (AvgIpc) is 2.30. The highest BCUT2D eigenvalue weighted by molar-refractivity contribution is 4.90. The molecule has 2 aliphatic rings. The summed E-state index contributed by atoms with van der Waals surface area (Å²) in [7, 11) is 0. The molecule has 0 bridgehead atoms. The van der Waals surface area contributed by atoms with Crippen LogP contribution < -0.4 is 5.73 Å². The van der Waals surface area contributed by atoms with Crippen LogP contribution in [0.25, 0.3) is 0 Å². The molecule has 2 rings (SSSR count). The van der Waals surface area contributed by atoms with Crippen LogP contribution in [0.15, 0.2) is 0 Å². The third-order valence-electron chi connectivity index (χ3n) is 5.89. The summed E-state index contributed by atoms with van der Waals surface area (Å²) in [5.41, 5.74) is 6.59. The van der Waals surface area contributed by atoms with E-state index in [-0.39, 0.29) is 0 Å². The molecule has 0 spiro atoms. The van der Waals surface area contributed by atoms with Crippen molar-refractivity contribution >= 4 is 0 Å². The van der Waals surface area contributed by atoms with Crippen LogP contribution in [0, 0.1) is 23.2 Å². The Hall–Kier alpha value is -0.0400. The molecule has 0 aromatic carbocycles. The first kappa shape index (κ1) is 13.4. The normalized spacial score (nSPS) is 40.2. The molecule has 2 saturated carbocycles. The molecule has 0 atom stereocenters. The minimum absolute atomic E-state index is 0.494. The van der Waals surface area contributed by atoms with E-state index in [1.807, 2.05) is 0 Å². The van der Waals surface area contributed by atoms with E-state index in [2.05, 4.69) is 20.8 Å². The summed E-state index contributed by atoms with van der Waals surface area (Å²) >= 11 is 0. The van der Waals surface area contributed by atoms with Crippen LogP contribution in [-0.2, 0) is 0 Å². The van der Waals surface area contributed by atoms with Crippen molar-refractivity contribution in [3.05, 3.63) is 0 Å². The Bertz CT molecular complexity index is 206. The number of nitrogens with two attached hydrogens (primary N) is 1. The van der Waals surface area contributed by atoms with Gasteiger partial charge in [0, 0.05) is 6.04 Å². The van der Waals surface area contributed by atoms with E-state index in [1.54, 1.807) is 0 Å². The summed E-state index contributed by atoms with van der Waals surface area (Å²) < 4.78 is 0. The van der Waals surface area contributed by atoms with Crippen LogP contribution in [0.2, 0.25) is 0 Å². The highest BCUT2D eigenvalue weighted by Crippen LogP contribution is 2.48. The van der Waals surface area contributed by atoms with E-state index in [1.165, 1.54) is 51.4 Å². The highest BCUT2D eigenvalue weighted by atomic mass is 14.6. The van der Waals surface area contributed by atoms with Gasteiger partial charge in [0.25, 0.3) is 0 Å². The first-order valence-electron chi connectivity index (χ1n) is 7.75. The lowest BCUT2D eigenvalue weighted by Crippen LogP contribution is -2.39. The van der Waals surface area contributed by atoms with Crippen molar-refractivity contribution in [3.63, 3.8) is 0 Å². The summed E-state index contributed by atoms with van der Waals surface area (Å²) in [5.74, 6) is 2.88. The molecule has 0 unspecified atom stereocenters. The Kier molecular flexibility index (Phi) is 4.18. The second-order valence-corrected chi connectivity index (χ2v) is 7.39. The minimum Gasteiger partial charge on any atom is -0.328 e. The lowest BCUT2D eigenvalue weighted by molar-refractivity contribution is 0.0470. The summed E-state index contributed by atoms with van der Waals surface area (Å²) in [5, 5.41) is 0. The maximum Gasteiger partial charge on any atom is 0.00390 e. The molecule has 0 amide bonds. The van der Waals surface area contributed by atoms with Crippen molar-refractivity contribution in [2.75, 3.05) is 0 Å². The third kappa shape index (κ3) is 3.05. The van der Waals surface area contributed by atoms with E-state index in [9.17, 15) is 0 Å². The van der Waals surface area contributed by atoms with Crippen LogP contribution in [0.4, 0.5) is 0 Å². The van der Waals surface area contributed by atoms with Gasteiger partial charge < -0.3 is 5.73 Å². The zero-order chi connectivity index (χ0) is 12.5. The van der Waals surface area contributed by atoms with Crippen molar-refractivity contribution in [3.8, 4) is 0 Å². The average molecular weight is 237 g/mol. The van der Waals surface area contributed by atoms with E-state index < -0.39 is 0 Å². The topological polar surface area (TPSA) is 26.0 Å².